The minimum absolute atomic E-state index is 0.349. The van der Waals surface area contributed by atoms with Crippen LogP contribution in [0.4, 0.5) is 0 Å². The van der Waals surface area contributed by atoms with Gasteiger partial charge in [-0.1, -0.05) is 28.1 Å². The third kappa shape index (κ3) is 6.29. The zero-order valence-corrected chi connectivity index (χ0v) is 17.6. The van der Waals surface area contributed by atoms with E-state index in [2.05, 4.69) is 25.4 Å². The van der Waals surface area contributed by atoms with Crippen LogP contribution in [0, 0.1) is 6.92 Å². The van der Waals surface area contributed by atoms with Gasteiger partial charge in [-0.2, -0.15) is 0 Å². The topological polar surface area (TPSA) is 71.1 Å². The molecule has 0 saturated heterocycles. The van der Waals surface area contributed by atoms with Crippen LogP contribution in [0.3, 0.4) is 0 Å². The lowest BCUT2D eigenvalue weighted by atomic mass is 10.1. The van der Waals surface area contributed by atoms with Crippen LogP contribution >= 0.6 is 15.9 Å². The third-order valence-electron chi connectivity index (χ3n) is 3.68. The summed E-state index contributed by atoms with van der Waals surface area (Å²) in [5.41, 5.74) is 2.99. The predicted octanol–water partition coefficient (Wildman–Crippen LogP) is 4.17. The first-order valence-electron chi connectivity index (χ1n) is 7.95. The smallest absolute Gasteiger partial charge is 0.337 e. The van der Waals surface area contributed by atoms with Crippen molar-refractivity contribution in [3.63, 3.8) is 0 Å². The van der Waals surface area contributed by atoms with Gasteiger partial charge in [-0.15, -0.1) is 0 Å². The van der Waals surface area contributed by atoms with Gasteiger partial charge in [0.15, 0.2) is 0 Å². The van der Waals surface area contributed by atoms with E-state index in [-0.39, 0.29) is 11.9 Å². The number of methoxy groups -OCH3 is 4. The summed E-state index contributed by atoms with van der Waals surface area (Å²) in [5, 5.41) is 0.692. The molecule has 0 bridgehead atoms. The van der Waals surface area contributed by atoms with E-state index in [0.29, 0.717) is 28.0 Å². The molecule has 0 unspecified atom stereocenters. The van der Waals surface area contributed by atoms with Gasteiger partial charge in [-0.25, -0.2) is 9.59 Å². The number of alkyl halides is 1. The van der Waals surface area contributed by atoms with Gasteiger partial charge in [-0.05, 0) is 36.8 Å². The average Bonchev–Trinajstić information content (AvgIpc) is 2.72. The molecule has 0 aromatic heterocycles. The van der Waals surface area contributed by atoms with E-state index in [1.807, 2.05) is 19.1 Å². The number of esters is 2. The van der Waals surface area contributed by atoms with Crippen molar-refractivity contribution in [3.05, 3.63) is 58.7 Å². The number of ether oxygens (including phenoxy) is 4. The Labute approximate surface area is 167 Å². The van der Waals surface area contributed by atoms with Crippen molar-refractivity contribution in [1.82, 2.24) is 0 Å². The number of rotatable bonds is 5. The first kappa shape index (κ1) is 22.5. The normalized spacial score (nSPS) is 9.56. The van der Waals surface area contributed by atoms with Gasteiger partial charge >= 0.3 is 11.9 Å². The van der Waals surface area contributed by atoms with Gasteiger partial charge in [0.2, 0.25) is 0 Å². The molecule has 146 valence electrons. The van der Waals surface area contributed by atoms with E-state index in [4.69, 9.17) is 9.47 Å². The SMILES string of the molecule is COC(=O)c1ccc(C)c(OC)c1.COC(=O)c1ccc(CBr)c(OC)c1. The van der Waals surface area contributed by atoms with Crippen LogP contribution in [0.15, 0.2) is 36.4 Å². The molecule has 0 fully saturated rings. The third-order valence-corrected chi connectivity index (χ3v) is 4.29. The molecule has 0 spiro atoms. The van der Waals surface area contributed by atoms with Crippen LogP contribution in [0.2, 0.25) is 0 Å². The number of carbonyl (C=O) groups excluding carboxylic acids is 2. The minimum Gasteiger partial charge on any atom is -0.496 e. The Morgan fingerprint density at radius 3 is 1.74 bits per heavy atom. The maximum absolute atomic E-state index is 11.2. The Bertz CT molecular complexity index is 788. The van der Waals surface area contributed by atoms with Gasteiger partial charge in [0.05, 0.1) is 39.6 Å². The standard InChI is InChI=1S/C10H11BrO3.C10H12O3/c1-13-9-5-7(10(12)14-2)3-4-8(9)6-11;1-7-4-5-8(10(11)13-3)6-9(7)12-2/h3-5H,6H2,1-2H3;4-6H,1-3H3. The first-order chi connectivity index (χ1) is 12.9. The molecule has 0 aliphatic rings. The van der Waals surface area contributed by atoms with Gasteiger partial charge in [0.25, 0.3) is 0 Å². The van der Waals surface area contributed by atoms with E-state index in [1.54, 1.807) is 38.5 Å². The Kier molecular flexibility index (Phi) is 9.36. The number of halogens is 1. The molecule has 0 aliphatic heterocycles. The Hall–Kier alpha value is -2.54. The highest BCUT2D eigenvalue weighted by Gasteiger charge is 2.09. The summed E-state index contributed by atoms with van der Waals surface area (Å²) in [7, 11) is 5.85. The summed E-state index contributed by atoms with van der Waals surface area (Å²) >= 11 is 3.33. The largest absolute Gasteiger partial charge is 0.496 e. The lowest BCUT2D eigenvalue weighted by molar-refractivity contribution is 0.0591. The lowest BCUT2D eigenvalue weighted by Gasteiger charge is -2.07. The van der Waals surface area contributed by atoms with Crippen molar-refractivity contribution >= 4 is 27.9 Å². The molecule has 27 heavy (non-hydrogen) atoms. The number of benzene rings is 2. The number of hydrogen-bond acceptors (Lipinski definition) is 6. The fraction of sp³-hybridized carbons (Fsp3) is 0.300. The molecule has 2 aromatic rings. The average molecular weight is 439 g/mol. The van der Waals surface area contributed by atoms with Crippen LogP contribution in [0.25, 0.3) is 0 Å². The summed E-state index contributed by atoms with van der Waals surface area (Å²) in [6.07, 6.45) is 0. The van der Waals surface area contributed by atoms with Crippen molar-refractivity contribution in [2.45, 2.75) is 12.3 Å². The van der Waals surface area contributed by atoms with E-state index in [1.165, 1.54) is 14.2 Å². The summed E-state index contributed by atoms with van der Waals surface area (Å²) < 4.78 is 19.4. The lowest BCUT2D eigenvalue weighted by Crippen LogP contribution is -2.02. The molecule has 0 amide bonds. The molecule has 7 heteroatoms. The van der Waals surface area contributed by atoms with Crippen LogP contribution in [-0.4, -0.2) is 40.4 Å². The highest BCUT2D eigenvalue weighted by molar-refractivity contribution is 9.08. The fourth-order valence-corrected chi connectivity index (χ4v) is 2.63. The van der Waals surface area contributed by atoms with E-state index >= 15 is 0 Å². The summed E-state index contributed by atoms with van der Waals surface area (Å²) in [6.45, 7) is 1.92. The van der Waals surface area contributed by atoms with E-state index in [0.717, 1.165) is 11.1 Å². The molecule has 0 N–H and O–H groups in total. The maximum atomic E-state index is 11.2. The summed E-state index contributed by atoms with van der Waals surface area (Å²) in [4.78, 5) is 22.3. The van der Waals surface area contributed by atoms with Crippen molar-refractivity contribution in [2.24, 2.45) is 0 Å². The monoisotopic (exact) mass is 438 g/mol. The molecule has 0 radical (unpaired) electrons. The second-order valence-corrected chi connectivity index (χ2v) is 5.89. The predicted molar refractivity (Wildman–Crippen MR) is 106 cm³/mol. The van der Waals surface area contributed by atoms with Crippen molar-refractivity contribution < 1.29 is 28.5 Å². The second-order valence-electron chi connectivity index (χ2n) is 5.33. The Balaban J connectivity index is 0.000000271. The molecule has 2 rings (SSSR count). The molecular weight excluding hydrogens is 416 g/mol. The van der Waals surface area contributed by atoms with Crippen LogP contribution in [-0.2, 0) is 14.8 Å². The van der Waals surface area contributed by atoms with Gasteiger partial charge in [-0.3, -0.25) is 0 Å². The van der Waals surface area contributed by atoms with Crippen molar-refractivity contribution in [2.75, 3.05) is 28.4 Å². The van der Waals surface area contributed by atoms with Gasteiger partial charge in [0.1, 0.15) is 11.5 Å². The highest BCUT2D eigenvalue weighted by atomic mass is 79.9. The fourth-order valence-electron chi connectivity index (χ4n) is 2.16. The maximum Gasteiger partial charge on any atom is 0.337 e. The number of hydrogen-bond donors (Lipinski definition) is 0. The molecule has 2 aromatic carbocycles. The van der Waals surface area contributed by atoms with Crippen molar-refractivity contribution in [3.8, 4) is 11.5 Å². The van der Waals surface area contributed by atoms with Crippen LogP contribution in [0.1, 0.15) is 31.8 Å². The number of carbonyl (C=O) groups is 2. The van der Waals surface area contributed by atoms with E-state index in [9.17, 15) is 9.59 Å². The Morgan fingerprint density at radius 1 is 0.815 bits per heavy atom. The molecule has 0 saturated carbocycles. The second kappa shape index (κ2) is 11.2. The van der Waals surface area contributed by atoms with Gasteiger partial charge < -0.3 is 18.9 Å². The molecular formula is C20H23BrO6. The Morgan fingerprint density at radius 2 is 1.30 bits per heavy atom. The van der Waals surface area contributed by atoms with Crippen LogP contribution in [0.5, 0.6) is 11.5 Å². The van der Waals surface area contributed by atoms with Crippen LogP contribution < -0.4 is 9.47 Å². The summed E-state index contributed by atoms with van der Waals surface area (Å²) in [6, 6.07) is 10.4. The molecule has 6 nitrogen and oxygen atoms in total. The van der Waals surface area contributed by atoms with Crippen molar-refractivity contribution in [1.29, 1.82) is 0 Å². The zero-order valence-electron chi connectivity index (χ0n) is 16.0. The van der Waals surface area contributed by atoms with Gasteiger partial charge in [0, 0.05) is 10.9 Å². The first-order valence-corrected chi connectivity index (χ1v) is 9.08. The zero-order chi connectivity index (χ0) is 20.4. The minimum atomic E-state index is -0.357. The quantitative estimate of drug-likeness (QED) is 0.515. The highest BCUT2D eigenvalue weighted by Crippen LogP contribution is 2.22. The molecule has 0 aliphatic carbocycles. The number of aryl methyl sites for hydroxylation is 1. The molecule has 0 atom stereocenters. The molecule has 0 heterocycles. The summed E-state index contributed by atoms with van der Waals surface area (Å²) in [5.74, 6) is 0.676. The van der Waals surface area contributed by atoms with E-state index < -0.39 is 0 Å².